The van der Waals surface area contributed by atoms with Gasteiger partial charge in [-0.2, -0.15) is 4.98 Å². The van der Waals surface area contributed by atoms with Crippen molar-refractivity contribution < 1.29 is 4.52 Å². The highest BCUT2D eigenvalue weighted by atomic mass is 16.5. The lowest BCUT2D eigenvalue weighted by atomic mass is 9.89. The van der Waals surface area contributed by atoms with Gasteiger partial charge in [-0.05, 0) is 38.0 Å². The molecule has 0 aliphatic heterocycles. The lowest BCUT2D eigenvalue weighted by Gasteiger charge is -2.21. The molecule has 3 aromatic heterocycles. The van der Waals surface area contributed by atoms with Crippen molar-refractivity contribution in [2.75, 3.05) is 0 Å². The second-order valence-electron chi connectivity index (χ2n) is 7.00. The maximum absolute atomic E-state index is 12.6. The topological polar surface area (TPSA) is 89.1 Å². The summed E-state index contributed by atoms with van der Waals surface area (Å²) in [5, 5.41) is 3.83. The standard InChI is InChI=1S/C19H19N5O2/c1-11-21-19(26-23-11)13-7-8-15-14(9-13)22-18(25)16-10-20-17(24(15)16)12-5-3-2-4-6-12/h7-10,12H,2-6H2,1H3,(H,22,25). The van der Waals surface area contributed by atoms with Crippen LogP contribution in [-0.4, -0.2) is 24.5 Å². The zero-order valence-corrected chi connectivity index (χ0v) is 14.5. The van der Waals surface area contributed by atoms with Gasteiger partial charge in [0.1, 0.15) is 11.3 Å². The fraction of sp³-hybridized carbons (Fsp3) is 0.368. The molecule has 1 aromatic carbocycles. The summed E-state index contributed by atoms with van der Waals surface area (Å²) in [7, 11) is 0. The van der Waals surface area contributed by atoms with E-state index in [1.54, 1.807) is 13.1 Å². The summed E-state index contributed by atoms with van der Waals surface area (Å²) in [6.45, 7) is 1.78. The van der Waals surface area contributed by atoms with Gasteiger partial charge < -0.3 is 9.51 Å². The van der Waals surface area contributed by atoms with E-state index < -0.39 is 0 Å². The van der Waals surface area contributed by atoms with Crippen molar-refractivity contribution in [2.45, 2.75) is 44.9 Å². The first-order valence-electron chi connectivity index (χ1n) is 9.05. The van der Waals surface area contributed by atoms with Crippen LogP contribution >= 0.6 is 0 Å². The smallest absolute Gasteiger partial charge is 0.274 e. The third-order valence-electron chi connectivity index (χ3n) is 5.25. The molecule has 0 atom stereocenters. The van der Waals surface area contributed by atoms with Crippen LogP contribution in [0.2, 0.25) is 0 Å². The predicted molar refractivity (Wildman–Crippen MR) is 97.2 cm³/mol. The van der Waals surface area contributed by atoms with E-state index in [0.717, 1.165) is 35.3 Å². The second kappa shape index (κ2) is 5.79. The summed E-state index contributed by atoms with van der Waals surface area (Å²) in [5.74, 6) is 2.44. The highest BCUT2D eigenvalue weighted by molar-refractivity contribution is 5.82. The van der Waals surface area contributed by atoms with Crippen LogP contribution in [-0.2, 0) is 0 Å². The molecule has 3 heterocycles. The average molecular weight is 349 g/mol. The van der Waals surface area contributed by atoms with Crippen LogP contribution < -0.4 is 5.56 Å². The Morgan fingerprint density at radius 1 is 1.19 bits per heavy atom. The van der Waals surface area contributed by atoms with Crippen molar-refractivity contribution in [1.82, 2.24) is 24.5 Å². The molecule has 0 bridgehead atoms. The van der Waals surface area contributed by atoms with Crippen molar-refractivity contribution in [2.24, 2.45) is 0 Å². The number of nitrogens with zero attached hydrogens (tertiary/aromatic N) is 4. The monoisotopic (exact) mass is 349 g/mol. The Balaban J connectivity index is 1.73. The molecule has 0 unspecified atom stereocenters. The van der Waals surface area contributed by atoms with Crippen molar-refractivity contribution >= 4 is 16.6 Å². The molecule has 5 rings (SSSR count). The van der Waals surface area contributed by atoms with Crippen LogP contribution in [0.4, 0.5) is 0 Å². The van der Waals surface area contributed by atoms with E-state index in [2.05, 4.69) is 20.1 Å². The summed E-state index contributed by atoms with van der Waals surface area (Å²) in [6.07, 6.45) is 7.69. The number of H-pyrrole nitrogens is 1. The molecular formula is C19H19N5O2. The van der Waals surface area contributed by atoms with E-state index in [9.17, 15) is 4.79 Å². The number of hydrogen-bond donors (Lipinski definition) is 1. The van der Waals surface area contributed by atoms with Gasteiger partial charge in [0.25, 0.3) is 11.4 Å². The van der Waals surface area contributed by atoms with Crippen LogP contribution in [0.1, 0.15) is 49.7 Å². The molecule has 1 aliphatic rings. The summed E-state index contributed by atoms with van der Waals surface area (Å²) >= 11 is 0. The van der Waals surface area contributed by atoms with Gasteiger partial charge in [0, 0.05) is 11.5 Å². The Kier molecular flexibility index (Phi) is 3.41. The van der Waals surface area contributed by atoms with Gasteiger partial charge in [0.15, 0.2) is 5.82 Å². The molecule has 7 heteroatoms. The van der Waals surface area contributed by atoms with Gasteiger partial charge in [-0.3, -0.25) is 9.20 Å². The fourth-order valence-corrected chi connectivity index (χ4v) is 3.99. The Bertz CT molecular complexity index is 1160. The number of benzene rings is 1. The first kappa shape index (κ1) is 15.3. The third-order valence-corrected chi connectivity index (χ3v) is 5.25. The molecule has 26 heavy (non-hydrogen) atoms. The van der Waals surface area contributed by atoms with Crippen molar-refractivity contribution in [3.05, 3.63) is 46.4 Å². The largest absolute Gasteiger partial charge is 0.334 e. The molecule has 0 radical (unpaired) electrons. The van der Waals surface area contributed by atoms with E-state index >= 15 is 0 Å². The molecule has 7 nitrogen and oxygen atoms in total. The number of imidazole rings is 1. The summed E-state index contributed by atoms with van der Waals surface area (Å²) in [5.41, 5.74) is 2.93. The van der Waals surface area contributed by atoms with E-state index in [-0.39, 0.29) is 5.56 Å². The van der Waals surface area contributed by atoms with Crippen LogP contribution in [0.5, 0.6) is 0 Å². The minimum absolute atomic E-state index is 0.133. The van der Waals surface area contributed by atoms with Gasteiger partial charge in [-0.1, -0.05) is 24.4 Å². The second-order valence-corrected chi connectivity index (χ2v) is 7.00. The van der Waals surface area contributed by atoms with Gasteiger partial charge >= 0.3 is 0 Å². The molecule has 1 N–H and O–H groups in total. The number of aryl methyl sites for hydroxylation is 1. The van der Waals surface area contributed by atoms with E-state index in [1.165, 1.54) is 19.3 Å². The summed E-state index contributed by atoms with van der Waals surface area (Å²) in [4.78, 5) is 24.4. The zero-order valence-electron chi connectivity index (χ0n) is 14.5. The highest BCUT2D eigenvalue weighted by Crippen LogP contribution is 2.33. The number of aromatic amines is 1. The number of nitrogens with one attached hydrogen (secondary N) is 1. The Hall–Kier alpha value is -2.96. The summed E-state index contributed by atoms with van der Waals surface area (Å²) < 4.78 is 7.27. The number of hydrogen-bond acceptors (Lipinski definition) is 5. The first-order chi connectivity index (χ1) is 12.7. The van der Waals surface area contributed by atoms with Gasteiger partial charge in [-0.15, -0.1) is 0 Å². The minimum Gasteiger partial charge on any atom is -0.334 e. The van der Waals surface area contributed by atoms with Crippen LogP contribution in [0, 0.1) is 6.92 Å². The van der Waals surface area contributed by atoms with Crippen molar-refractivity contribution in [3.8, 4) is 11.5 Å². The van der Waals surface area contributed by atoms with E-state index in [0.29, 0.717) is 23.1 Å². The Labute approximate surface area is 149 Å². The normalized spacial score (nSPS) is 15.9. The SMILES string of the molecule is Cc1noc(-c2ccc3c(c2)[nH]c(=O)c2cnc(C4CCCCC4)n23)n1. The van der Waals surface area contributed by atoms with Gasteiger partial charge in [0.05, 0.1) is 17.2 Å². The van der Waals surface area contributed by atoms with Gasteiger partial charge in [-0.25, -0.2) is 4.98 Å². The number of rotatable bonds is 2. The third kappa shape index (κ3) is 2.34. The van der Waals surface area contributed by atoms with Crippen LogP contribution in [0.15, 0.2) is 33.7 Å². The molecule has 4 aromatic rings. The van der Waals surface area contributed by atoms with Crippen molar-refractivity contribution in [3.63, 3.8) is 0 Å². The van der Waals surface area contributed by atoms with Gasteiger partial charge in [0.2, 0.25) is 0 Å². The Morgan fingerprint density at radius 2 is 2.04 bits per heavy atom. The Morgan fingerprint density at radius 3 is 2.81 bits per heavy atom. The highest BCUT2D eigenvalue weighted by Gasteiger charge is 2.22. The molecule has 0 spiro atoms. The summed E-state index contributed by atoms with van der Waals surface area (Å²) in [6, 6.07) is 5.81. The lowest BCUT2D eigenvalue weighted by molar-refractivity contribution is 0.425. The van der Waals surface area contributed by atoms with Crippen LogP contribution in [0.3, 0.4) is 0 Å². The molecular weight excluding hydrogens is 330 g/mol. The maximum Gasteiger partial charge on any atom is 0.274 e. The molecule has 0 saturated heterocycles. The average Bonchev–Trinajstić information content (AvgIpc) is 3.29. The van der Waals surface area contributed by atoms with Crippen LogP contribution in [0.25, 0.3) is 28.0 Å². The van der Waals surface area contributed by atoms with E-state index in [4.69, 9.17) is 4.52 Å². The predicted octanol–water partition coefficient (Wildman–Crippen LogP) is 3.58. The molecule has 132 valence electrons. The quantitative estimate of drug-likeness (QED) is 0.597. The molecule has 0 amide bonds. The van der Waals surface area contributed by atoms with E-state index in [1.807, 2.05) is 22.6 Å². The fourth-order valence-electron chi connectivity index (χ4n) is 3.99. The first-order valence-corrected chi connectivity index (χ1v) is 9.05. The lowest BCUT2D eigenvalue weighted by Crippen LogP contribution is -2.14. The molecule has 1 saturated carbocycles. The zero-order chi connectivity index (χ0) is 17.7. The maximum atomic E-state index is 12.6. The number of fused-ring (bicyclic) bond motifs is 3. The minimum atomic E-state index is -0.133. The van der Waals surface area contributed by atoms with Crippen molar-refractivity contribution in [1.29, 1.82) is 0 Å². The molecule has 1 aliphatic carbocycles. The number of aromatic nitrogens is 5. The molecule has 1 fully saturated rings.